The summed E-state index contributed by atoms with van der Waals surface area (Å²) in [5, 5.41) is 11.8. The lowest BCUT2D eigenvalue weighted by molar-refractivity contribution is -0.147. The number of nitrogens with zero attached hydrogens (tertiary/aromatic N) is 2. The average Bonchev–Trinajstić information content (AvgIpc) is 2.67. The molecule has 4 amide bonds. The Hall–Kier alpha value is -2.12. The lowest BCUT2D eigenvalue weighted by Crippen LogP contribution is -2.45. The molecule has 8 nitrogen and oxygen atoms in total. The summed E-state index contributed by atoms with van der Waals surface area (Å²) < 4.78 is 0. The van der Waals surface area contributed by atoms with Crippen LogP contribution in [0.2, 0.25) is 0 Å². The molecule has 0 spiro atoms. The number of hydrogen-bond acceptors (Lipinski definition) is 4. The van der Waals surface area contributed by atoms with Gasteiger partial charge in [0.05, 0.1) is 5.92 Å². The molecule has 2 N–H and O–H groups in total. The van der Waals surface area contributed by atoms with Gasteiger partial charge in [0, 0.05) is 26.1 Å². The maximum absolute atomic E-state index is 12.3. The monoisotopic (exact) mass is 339 g/mol. The Morgan fingerprint density at radius 2 is 1.96 bits per heavy atom. The van der Waals surface area contributed by atoms with Crippen molar-refractivity contribution in [2.75, 3.05) is 19.6 Å². The van der Waals surface area contributed by atoms with Crippen molar-refractivity contribution in [1.29, 1.82) is 0 Å². The quantitative estimate of drug-likeness (QED) is 0.716. The van der Waals surface area contributed by atoms with E-state index in [4.69, 9.17) is 5.11 Å². The normalized spacial score (nSPS) is 26.5. The van der Waals surface area contributed by atoms with Crippen molar-refractivity contribution in [3.05, 3.63) is 0 Å². The van der Waals surface area contributed by atoms with E-state index in [2.05, 4.69) is 5.32 Å². The van der Waals surface area contributed by atoms with Gasteiger partial charge in [0.15, 0.2) is 0 Å². The van der Waals surface area contributed by atoms with E-state index in [1.54, 1.807) is 18.7 Å². The number of carboxylic acids is 1. The number of likely N-dealkylation sites (tertiary alicyclic amines) is 1. The van der Waals surface area contributed by atoms with Gasteiger partial charge in [-0.1, -0.05) is 6.92 Å². The predicted octanol–water partition coefficient (Wildman–Crippen LogP) is 0.666. The van der Waals surface area contributed by atoms with Crippen LogP contribution in [0, 0.1) is 11.8 Å². The molecular weight excluding hydrogens is 314 g/mol. The summed E-state index contributed by atoms with van der Waals surface area (Å²) in [5.41, 5.74) is -0.905. The van der Waals surface area contributed by atoms with Crippen LogP contribution in [0.5, 0.6) is 0 Å². The third-order valence-corrected chi connectivity index (χ3v) is 4.58. The first kappa shape index (κ1) is 18.2. The summed E-state index contributed by atoms with van der Waals surface area (Å²) in [6.07, 6.45) is 1.14. The minimum absolute atomic E-state index is 0.126. The van der Waals surface area contributed by atoms with Gasteiger partial charge in [-0.25, -0.2) is 4.79 Å². The molecule has 2 aliphatic heterocycles. The van der Waals surface area contributed by atoms with Crippen LogP contribution in [0.1, 0.15) is 40.0 Å². The topological polar surface area (TPSA) is 107 Å². The highest BCUT2D eigenvalue weighted by Gasteiger charge is 2.43. The van der Waals surface area contributed by atoms with Gasteiger partial charge >= 0.3 is 12.0 Å². The van der Waals surface area contributed by atoms with Crippen molar-refractivity contribution in [3.63, 3.8) is 0 Å². The first-order valence-electron chi connectivity index (χ1n) is 8.26. The number of piperidine rings is 1. The Morgan fingerprint density at radius 3 is 2.50 bits per heavy atom. The average molecular weight is 339 g/mol. The molecule has 134 valence electrons. The number of hydrogen-bond donors (Lipinski definition) is 2. The molecule has 2 saturated heterocycles. The van der Waals surface area contributed by atoms with E-state index >= 15 is 0 Å². The van der Waals surface area contributed by atoms with Crippen molar-refractivity contribution in [2.24, 2.45) is 11.8 Å². The molecule has 8 heteroatoms. The molecule has 0 radical (unpaired) electrons. The van der Waals surface area contributed by atoms with E-state index < -0.39 is 23.5 Å². The molecule has 0 aliphatic carbocycles. The molecule has 0 aromatic heterocycles. The zero-order valence-corrected chi connectivity index (χ0v) is 14.4. The maximum atomic E-state index is 12.3. The molecule has 2 heterocycles. The van der Waals surface area contributed by atoms with Crippen molar-refractivity contribution in [2.45, 2.75) is 45.6 Å². The molecule has 2 atom stereocenters. The lowest BCUT2D eigenvalue weighted by atomic mass is 9.90. The number of nitrogens with one attached hydrogen (secondary N) is 1. The van der Waals surface area contributed by atoms with Gasteiger partial charge < -0.3 is 15.3 Å². The third-order valence-electron chi connectivity index (χ3n) is 4.58. The van der Waals surface area contributed by atoms with Crippen LogP contribution in [0.25, 0.3) is 0 Å². The zero-order valence-electron chi connectivity index (χ0n) is 14.4. The van der Waals surface area contributed by atoms with Gasteiger partial charge in [0.25, 0.3) is 5.91 Å². The van der Waals surface area contributed by atoms with Crippen LogP contribution in [0.15, 0.2) is 0 Å². The molecule has 24 heavy (non-hydrogen) atoms. The van der Waals surface area contributed by atoms with Crippen LogP contribution in [0.4, 0.5) is 4.79 Å². The number of imide groups is 1. The minimum atomic E-state index is -0.905. The van der Waals surface area contributed by atoms with Crippen LogP contribution in [0.3, 0.4) is 0 Å². The zero-order chi connectivity index (χ0) is 18.1. The summed E-state index contributed by atoms with van der Waals surface area (Å²) in [6.45, 7) is 6.18. The minimum Gasteiger partial charge on any atom is -0.481 e. The van der Waals surface area contributed by atoms with E-state index in [-0.39, 0.29) is 37.2 Å². The molecule has 0 aromatic rings. The van der Waals surface area contributed by atoms with Gasteiger partial charge in [-0.2, -0.15) is 0 Å². The van der Waals surface area contributed by atoms with Crippen LogP contribution < -0.4 is 5.32 Å². The molecule has 0 aromatic carbocycles. The lowest BCUT2D eigenvalue weighted by Gasteiger charge is -2.34. The summed E-state index contributed by atoms with van der Waals surface area (Å²) in [5.74, 6) is -1.67. The van der Waals surface area contributed by atoms with Crippen molar-refractivity contribution < 1.29 is 24.3 Å². The highest BCUT2D eigenvalue weighted by molar-refractivity contribution is 6.06. The second kappa shape index (κ2) is 6.78. The Labute approximate surface area is 141 Å². The maximum Gasteiger partial charge on any atom is 0.325 e. The largest absolute Gasteiger partial charge is 0.481 e. The summed E-state index contributed by atoms with van der Waals surface area (Å²) in [6, 6.07) is -0.435. The standard InChI is InChI=1S/C16H25N3O5/c1-10-7-11(13(21)22)9-18(8-10)12(20)5-4-6-19-14(23)16(2,3)17-15(19)24/h10-11H,4-9H2,1-3H3,(H,17,24)(H,21,22). The molecule has 2 rings (SSSR count). The fourth-order valence-corrected chi connectivity index (χ4v) is 3.30. The number of urea groups is 1. The van der Waals surface area contributed by atoms with Crippen molar-refractivity contribution in [1.82, 2.24) is 15.1 Å². The fraction of sp³-hybridized carbons (Fsp3) is 0.750. The number of carbonyl (C=O) groups is 4. The highest BCUT2D eigenvalue weighted by atomic mass is 16.4. The van der Waals surface area contributed by atoms with E-state index in [1.807, 2.05) is 6.92 Å². The second-order valence-corrected chi connectivity index (χ2v) is 7.29. The van der Waals surface area contributed by atoms with Gasteiger partial charge in [-0.15, -0.1) is 0 Å². The van der Waals surface area contributed by atoms with E-state index in [9.17, 15) is 19.2 Å². The first-order valence-corrected chi connectivity index (χ1v) is 8.26. The Bertz CT molecular complexity index is 560. The van der Waals surface area contributed by atoms with Gasteiger partial charge in [0.1, 0.15) is 5.54 Å². The van der Waals surface area contributed by atoms with E-state index in [0.717, 1.165) is 4.90 Å². The fourth-order valence-electron chi connectivity index (χ4n) is 3.30. The van der Waals surface area contributed by atoms with Gasteiger partial charge in [-0.3, -0.25) is 19.3 Å². The van der Waals surface area contributed by atoms with Gasteiger partial charge in [-0.05, 0) is 32.6 Å². The van der Waals surface area contributed by atoms with Gasteiger partial charge in [0.2, 0.25) is 5.91 Å². The molecule has 0 bridgehead atoms. The summed E-state index contributed by atoms with van der Waals surface area (Å²) >= 11 is 0. The van der Waals surface area contributed by atoms with Crippen LogP contribution in [-0.4, -0.2) is 63.9 Å². The second-order valence-electron chi connectivity index (χ2n) is 7.29. The number of carbonyl (C=O) groups excluding carboxylic acids is 3. The molecule has 0 saturated carbocycles. The molecular formula is C16H25N3O5. The number of aliphatic carboxylic acids is 1. The van der Waals surface area contributed by atoms with E-state index in [1.165, 1.54) is 0 Å². The van der Waals surface area contributed by atoms with Crippen molar-refractivity contribution >= 4 is 23.8 Å². The summed E-state index contributed by atoms with van der Waals surface area (Å²) in [7, 11) is 0. The Kier molecular flexibility index (Phi) is 5.15. The molecule has 2 unspecified atom stereocenters. The molecule has 2 fully saturated rings. The first-order chi connectivity index (χ1) is 11.1. The number of rotatable bonds is 5. The summed E-state index contributed by atoms with van der Waals surface area (Å²) in [4.78, 5) is 50.0. The third kappa shape index (κ3) is 3.85. The van der Waals surface area contributed by atoms with Crippen LogP contribution >= 0.6 is 0 Å². The predicted molar refractivity (Wildman–Crippen MR) is 85.0 cm³/mol. The SMILES string of the molecule is CC1CC(C(=O)O)CN(C(=O)CCCN2C(=O)NC(C)(C)C2=O)C1. The Morgan fingerprint density at radius 1 is 1.29 bits per heavy atom. The number of carboxylic acid groups (broad SMARTS) is 1. The Balaban J connectivity index is 1.84. The van der Waals surface area contributed by atoms with E-state index in [0.29, 0.717) is 19.4 Å². The smallest absolute Gasteiger partial charge is 0.325 e. The highest BCUT2D eigenvalue weighted by Crippen LogP contribution is 2.23. The number of amides is 4. The van der Waals surface area contributed by atoms with Crippen LogP contribution in [-0.2, 0) is 14.4 Å². The van der Waals surface area contributed by atoms with Crippen molar-refractivity contribution in [3.8, 4) is 0 Å². The molecule has 2 aliphatic rings.